The molecule has 3 rings (SSSR count). The first kappa shape index (κ1) is 26.3. The number of aromatic nitrogens is 2. The van der Waals surface area contributed by atoms with Gasteiger partial charge in [-0.1, -0.05) is 51.4 Å². The zero-order valence-corrected chi connectivity index (χ0v) is 21.0. The molecule has 0 saturated heterocycles. The molecule has 3 aromatic rings. The Morgan fingerprint density at radius 2 is 1.56 bits per heavy atom. The van der Waals surface area contributed by atoms with Crippen LogP contribution in [0.1, 0.15) is 64.2 Å². The van der Waals surface area contributed by atoms with Gasteiger partial charge in [-0.3, -0.25) is 4.79 Å². The minimum absolute atomic E-state index is 0.174. The van der Waals surface area contributed by atoms with Gasteiger partial charge in [-0.05, 0) is 65.6 Å². The number of benzene rings is 2. The first-order valence-corrected chi connectivity index (χ1v) is 12.9. The van der Waals surface area contributed by atoms with Crippen LogP contribution in [0.3, 0.4) is 0 Å². The minimum Gasteiger partial charge on any atom is -0.383 e. The molecule has 1 aromatic heterocycles. The van der Waals surface area contributed by atoms with E-state index in [1.54, 1.807) is 6.07 Å². The highest BCUT2D eigenvalue weighted by Gasteiger charge is 2.13. The fourth-order valence-corrected chi connectivity index (χ4v) is 4.55. The predicted octanol–water partition coefficient (Wildman–Crippen LogP) is 6.90. The first-order chi connectivity index (χ1) is 16.5. The molecule has 0 aliphatic carbocycles. The Morgan fingerprint density at radius 3 is 2.21 bits per heavy atom. The molecule has 34 heavy (non-hydrogen) atoms. The van der Waals surface area contributed by atoms with Crippen LogP contribution in [0.4, 0.5) is 14.5 Å². The lowest BCUT2D eigenvalue weighted by Gasteiger charge is -2.10. The summed E-state index contributed by atoms with van der Waals surface area (Å²) in [5, 5.41) is 3.31. The van der Waals surface area contributed by atoms with Crippen LogP contribution in [0.5, 0.6) is 0 Å². The van der Waals surface area contributed by atoms with Crippen LogP contribution in [-0.4, -0.2) is 23.1 Å². The van der Waals surface area contributed by atoms with Crippen LogP contribution in [0.2, 0.25) is 0 Å². The minimum atomic E-state index is -0.481. The number of unbranched alkanes of at least 4 members (excludes halogenated alkanes) is 9. The largest absolute Gasteiger partial charge is 0.383 e. The molecule has 0 spiro atoms. The molecule has 0 saturated carbocycles. The van der Waals surface area contributed by atoms with Gasteiger partial charge < -0.3 is 16.0 Å². The highest BCUT2D eigenvalue weighted by Crippen LogP contribution is 2.27. The highest BCUT2D eigenvalue weighted by atomic mass is 79.9. The fourth-order valence-electron chi connectivity index (χ4n) is 4.01. The Hall–Kier alpha value is -2.32. The van der Waals surface area contributed by atoms with Gasteiger partial charge in [-0.2, -0.15) is 0 Å². The second-order valence-electron chi connectivity index (χ2n) is 8.64. The monoisotopic (exact) mass is 534 g/mol. The molecule has 0 radical (unpaired) electrons. The molecule has 0 unspecified atom stereocenters. The summed E-state index contributed by atoms with van der Waals surface area (Å²) in [6.45, 7) is 1.45. The summed E-state index contributed by atoms with van der Waals surface area (Å²) in [7, 11) is 0. The van der Waals surface area contributed by atoms with Gasteiger partial charge in [0, 0.05) is 16.6 Å². The quantitative estimate of drug-likeness (QED) is 0.196. The number of aromatic amines is 1. The molecule has 5 nitrogen and oxygen atoms in total. The SMILES string of the molecule is NCCCCCCCCCCCCNc1cc2nc(-c3ccc(F)cc3Br)[nH]c(=O)c2cc1F. The van der Waals surface area contributed by atoms with E-state index in [1.165, 1.54) is 69.2 Å². The standard InChI is InChI=1S/C26H33BrF2N4O/c27-21-15-18(28)11-12-19(21)25-32-23-17-24(22(29)16-20(23)26(34)33-25)31-14-10-8-6-4-2-1-3-5-7-9-13-30/h11-12,15-17,31H,1-10,13-14,30H2,(H,32,33,34). The maximum Gasteiger partial charge on any atom is 0.259 e. The summed E-state index contributed by atoms with van der Waals surface area (Å²) >= 11 is 3.30. The van der Waals surface area contributed by atoms with Crippen molar-refractivity contribution in [2.24, 2.45) is 5.73 Å². The molecule has 4 N–H and O–H groups in total. The number of anilines is 1. The molecule has 8 heteroatoms. The summed E-state index contributed by atoms with van der Waals surface area (Å²) in [6.07, 6.45) is 11.9. The number of fused-ring (bicyclic) bond motifs is 1. The normalized spacial score (nSPS) is 11.3. The molecule has 0 aliphatic rings. The lowest BCUT2D eigenvalue weighted by molar-refractivity contribution is 0.555. The Balaban J connectivity index is 1.52. The van der Waals surface area contributed by atoms with Crippen LogP contribution >= 0.6 is 15.9 Å². The Bertz CT molecular complexity index is 1140. The molecule has 0 amide bonds. The van der Waals surface area contributed by atoms with Crippen molar-refractivity contribution < 1.29 is 8.78 Å². The van der Waals surface area contributed by atoms with Crippen molar-refractivity contribution in [2.45, 2.75) is 64.2 Å². The van der Waals surface area contributed by atoms with E-state index in [-0.39, 0.29) is 5.39 Å². The summed E-state index contributed by atoms with van der Waals surface area (Å²) in [6, 6.07) is 6.91. The van der Waals surface area contributed by atoms with Crippen molar-refractivity contribution in [1.29, 1.82) is 0 Å². The van der Waals surface area contributed by atoms with E-state index in [1.807, 2.05) is 0 Å². The van der Waals surface area contributed by atoms with Crippen molar-refractivity contribution in [3.05, 3.63) is 56.8 Å². The molecule has 2 aromatic carbocycles. The number of rotatable bonds is 14. The van der Waals surface area contributed by atoms with Crippen molar-refractivity contribution in [3.63, 3.8) is 0 Å². The topological polar surface area (TPSA) is 83.8 Å². The third kappa shape index (κ3) is 7.60. The van der Waals surface area contributed by atoms with Crippen LogP contribution in [0, 0.1) is 11.6 Å². The Kier molecular flexibility index (Phi) is 10.5. The molecule has 0 aliphatic heterocycles. The lowest BCUT2D eigenvalue weighted by Crippen LogP contribution is -2.11. The van der Waals surface area contributed by atoms with Crippen LogP contribution in [-0.2, 0) is 0 Å². The van der Waals surface area contributed by atoms with E-state index in [0.717, 1.165) is 25.8 Å². The summed E-state index contributed by atoms with van der Waals surface area (Å²) < 4.78 is 28.5. The molecule has 0 bridgehead atoms. The maximum atomic E-state index is 14.6. The number of hydrogen-bond donors (Lipinski definition) is 3. The third-order valence-electron chi connectivity index (χ3n) is 5.93. The number of nitrogens with zero attached hydrogens (tertiary/aromatic N) is 1. The molecular formula is C26H33BrF2N4O. The smallest absolute Gasteiger partial charge is 0.259 e. The molecule has 184 valence electrons. The lowest BCUT2D eigenvalue weighted by atomic mass is 10.1. The van der Waals surface area contributed by atoms with Crippen molar-refractivity contribution >= 4 is 32.5 Å². The van der Waals surface area contributed by atoms with Gasteiger partial charge in [0.15, 0.2) is 0 Å². The number of nitrogens with two attached hydrogens (primary N) is 1. The summed E-state index contributed by atoms with van der Waals surface area (Å²) in [4.78, 5) is 19.7. The number of H-pyrrole nitrogens is 1. The predicted molar refractivity (Wildman–Crippen MR) is 139 cm³/mol. The average molecular weight is 535 g/mol. The number of halogens is 3. The van der Waals surface area contributed by atoms with Gasteiger partial charge in [-0.15, -0.1) is 0 Å². The van der Waals surface area contributed by atoms with Crippen LogP contribution in [0.15, 0.2) is 39.6 Å². The van der Waals surface area contributed by atoms with E-state index in [0.29, 0.717) is 33.6 Å². The zero-order valence-electron chi connectivity index (χ0n) is 19.4. The van der Waals surface area contributed by atoms with Crippen LogP contribution in [0.25, 0.3) is 22.3 Å². The van der Waals surface area contributed by atoms with E-state index >= 15 is 0 Å². The Labute approximate surface area is 207 Å². The van der Waals surface area contributed by atoms with Crippen molar-refractivity contribution in [3.8, 4) is 11.4 Å². The van der Waals surface area contributed by atoms with Crippen LogP contribution < -0.4 is 16.6 Å². The van der Waals surface area contributed by atoms with Crippen molar-refractivity contribution in [1.82, 2.24) is 9.97 Å². The molecule has 0 fully saturated rings. The molecule has 0 atom stereocenters. The molecular weight excluding hydrogens is 502 g/mol. The molecule has 1 heterocycles. The summed E-state index contributed by atoms with van der Waals surface area (Å²) in [5.74, 6) is -0.586. The number of nitrogens with one attached hydrogen (secondary N) is 2. The average Bonchev–Trinajstić information content (AvgIpc) is 2.80. The van der Waals surface area contributed by atoms with Gasteiger partial charge in [-0.25, -0.2) is 13.8 Å². The third-order valence-corrected chi connectivity index (χ3v) is 6.58. The first-order valence-electron chi connectivity index (χ1n) is 12.1. The summed E-state index contributed by atoms with van der Waals surface area (Å²) in [5.41, 5.74) is 6.32. The van der Waals surface area contributed by atoms with E-state index < -0.39 is 17.2 Å². The number of hydrogen-bond acceptors (Lipinski definition) is 4. The van der Waals surface area contributed by atoms with E-state index in [2.05, 4.69) is 31.2 Å². The van der Waals surface area contributed by atoms with Gasteiger partial charge in [0.1, 0.15) is 17.5 Å². The second-order valence-corrected chi connectivity index (χ2v) is 9.49. The van der Waals surface area contributed by atoms with Gasteiger partial charge >= 0.3 is 0 Å². The second kappa shape index (κ2) is 13.5. The maximum absolute atomic E-state index is 14.6. The Morgan fingerprint density at radius 1 is 0.912 bits per heavy atom. The van der Waals surface area contributed by atoms with E-state index in [9.17, 15) is 13.6 Å². The highest BCUT2D eigenvalue weighted by molar-refractivity contribution is 9.10. The van der Waals surface area contributed by atoms with Crippen molar-refractivity contribution in [2.75, 3.05) is 18.4 Å². The fraction of sp³-hybridized carbons (Fsp3) is 0.462. The van der Waals surface area contributed by atoms with Gasteiger partial charge in [0.25, 0.3) is 5.56 Å². The zero-order chi connectivity index (χ0) is 24.3. The van der Waals surface area contributed by atoms with Gasteiger partial charge in [0.05, 0.1) is 16.6 Å². The van der Waals surface area contributed by atoms with E-state index in [4.69, 9.17) is 5.73 Å². The van der Waals surface area contributed by atoms with Gasteiger partial charge in [0.2, 0.25) is 0 Å².